The standard InChI is InChI=1S/C16H21BrO3/c1-2-19-16(18)11-13-5-4-12-10-14(6-7-15(12)13)20-9-3-8-17/h6-7,10,13H,2-5,8-9,11H2,1H3/t13-/m1/s1. The molecule has 3 nitrogen and oxygen atoms in total. The van der Waals surface area contributed by atoms with Crippen molar-refractivity contribution in [3.05, 3.63) is 29.3 Å². The Hall–Kier alpha value is -1.03. The van der Waals surface area contributed by atoms with Gasteiger partial charge in [-0.1, -0.05) is 22.0 Å². The monoisotopic (exact) mass is 340 g/mol. The summed E-state index contributed by atoms with van der Waals surface area (Å²) >= 11 is 3.39. The molecule has 0 amide bonds. The van der Waals surface area contributed by atoms with Gasteiger partial charge in [0.2, 0.25) is 0 Å². The van der Waals surface area contributed by atoms with Crippen LogP contribution in [0, 0.1) is 0 Å². The first-order chi connectivity index (χ1) is 9.74. The Bertz CT molecular complexity index is 459. The lowest BCUT2D eigenvalue weighted by molar-refractivity contribution is -0.143. The van der Waals surface area contributed by atoms with Gasteiger partial charge in [-0.25, -0.2) is 0 Å². The Morgan fingerprint density at radius 2 is 2.30 bits per heavy atom. The zero-order valence-corrected chi connectivity index (χ0v) is 13.4. The molecule has 1 aromatic rings. The second-order valence-electron chi connectivity index (χ2n) is 5.00. The molecule has 1 atom stereocenters. The summed E-state index contributed by atoms with van der Waals surface area (Å²) in [4.78, 5) is 11.6. The van der Waals surface area contributed by atoms with Crippen molar-refractivity contribution >= 4 is 21.9 Å². The molecule has 0 spiro atoms. The number of halogens is 1. The summed E-state index contributed by atoms with van der Waals surface area (Å²) in [6, 6.07) is 6.24. The number of hydrogen-bond acceptors (Lipinski definition) is 3. The summed E-state index contributed by atoms with van der Waals surface area (Å²) in [6.07, 6.45) is 3.54. The van der Waals surface area contributed by atoms with Gasteiger partial charge < -0.3 is 9.47 Å². The average molecular weight is 341 g/mol. The molecule has 0 aliphatic heterocycles. The second kappa shape index (κ2) is 7.67. The van der Waals surface area contributed by atoms with Crippen molar-refractivity contribution in [3.63, 3.8) is 0 Å². The summed E-state index contributed by atoms with van der Waals surface area (Å²) in [5, 5.41) is 0.958. The fraction of sp³-hybridized carbons (Fsp3) is 0.562. The third kappa shape index (κ3) is 3.98. The maximum Gasteiger partial charge on any atom is 0.306 e. The molecule has 20 heavy (non-hydrogen) atoms. The molecular formula is C16H21BrO3. The minimum Gasteiger partial charge on any atom is -0.494 e. The van der Waals surface area contributed by atoms with Crippen molar-refractivity contribution in [2.24, 2.45) is 0 Å². The molecule has 4 heteroatoms. The van der Waals surface area contributed by atoms with E-state index in [-0.39, 0.29) is 5.97 Å². The smallest absolute Gasteiger partial charge is 0.306 e. The molecule has 0 bridgehead atoms. The van der Waals surface area contributed by atoms with Crippen LogP contribution >= 0.6 is 15.9 Å². The van der Waals surface area contributed by atoms with Gasteiger partial charge >= 0.3 is 5.97 Å². The van der Waals surface area contributed by atoms with Crippen molar-refractivity contribution in [3.8, 4) is 5.75 Å². The first-order valence-corrected chi connectivity index (χ1v) is 8.34. The highest BCUT2D eigenvalue weighted by Crippen LogP contribution is 2.37. The quantitative estimate of drug-likeness (QED) is 0.430. The molecule has 1 aliphatic carbocycles. The maximum atomic E-state index is 11.6. The maximum absolute atomic E-state index is 11.6. The highest BCUT2D eigenvalue weighted by molar-refractivity contribution is 9.09. The van der Waals surface area contributed by atoms with E-state index in [9.17, 15) is 4.79 Å². The van der Waals surface area contributed by atoms with Crippen molar-refractivity contribution < 1.29 is 14.3 Å². The Morgan fingerprint density at radius 1 is 1.45 bits per heavy atom. The molecule has 0 aromatic heterocycles. The number of aryl methyl sites for hydroxylation is 1. The molecule has 1 aliphatic rings. The minimum atomic E-state index is -0.0944. The number of carbonyl (C=O) groups excluding carboxylic acids is 1. The van der Waals surface area contributed by atoms with Crippen LogP contribution in [0.4, 0.5) is 0 Å². The largest absolute Gasteiger partial charge is 0.494 e. The number of hydrogen-bond donors (Lipinski definition) is 0. The molecule has 0 heterocycles. The lowest BCUT2D eigenvalue weighted by atomic mass is 9.98. The number of carbonyl (C=O) groups is 1. The molecule has 110 valence electrons. The van der Waals surface area contributed by atoms with E-state index in [4.69, 9.17) is 9.47 Å². The van der Waals surface area contributed by atoms with E-state index in [1.54, 1.807) is 0 Å². The average Bonchev–Trinajstić information content (AvgIpc) is 2.82. The SMILES string of the molecule is CCOC(=O)C[C@H]1CCc2cc(OCCCBr)ccc21. The highest BCUT2D eigenvalue weighted by Gasteiger charge is 2.25. The van der Waals surface area contributed by atoms with Crippen LogP contribution < -0.4 is 4.74 Å². The lowest BCUT2D eigenvalue weighted by Gasteiger charge is -2.12. The van der Waals surface area contributed by atoms with Crippen LogP contribution in [0.5, 0.6) is 5.75 Å². The number of alkyl halides is 1. The van der Waals surface area contributed by atoms with Crippen molar-refractivity contribution in [1.82, 2.24) is 0 Å². The normalized spacial score (nSPS) is 16.8. The van der Waals surface area contributed by atoms with E-state index < -0.39 is 0 Å². The Morgan fingerprint density at radius 3 is 3.05 bits per heavy atom. The third-order valence-corrected chi connectivity index (χ3v) is 4.14. The lowest BCUT2D eigenvalue weighted by Crippen LogP contribution is -2.08. The van der Waals surface area contributed by atoms with Crippen LogP contribution in [-0.2, 0) is 16.0 Å². The van der Waals surface area contributed by atoms with Gasteiger partial charge in [-0.15, -0.1) is 0 Å². The summed E-state index contributed by atoms with van der Waals surface area (Å²) < 4.78 is 10.7. The molecule has 0 radical (unpaired) electrons. The number of rotatable bonds is 7. The number of benzene rings is 1. The van der Waals surface area contributed by atoms with E-state index in [1.807, 2.05) is 13.0 Å². The van der Waals surface area contributed by atoms with Gasteiger partial charge in [-0.05, 0) is 55.4 Å². The third-order valence-electron chi connectivity index (χ3n) is 3.58. The Balaban J connectivity index is 1.97. The van der Waals surface area contributed by atoms with E-state index >= 15 is 0 Å². The summed E-state index contributed by atoms with van der Waals surface area (Å²) in [5.74, 6) is 1.14. The zero-order valence-electron chi connectivity index (χ0n) is 11.9. The van der Waals surface area contributed by atoms with Crippen molar-refractivity contribution in [1.29, 1.82) is 0 Å². The fourth-order valence-corrected chi connectivity index (χ4v) is 2.88. The van der Waals surface area contributed by atoms with Gasteiger partial charge in [-0.3, -0.25) is 4.79 Å². The Kier molecular flexibility index (Phi) is 5.89. The molecule has 0 saturated heterocycles. The topological polar surface area (TPSA) is 35.5 Å². The van der Waals surface area contributed by atoms with Gasteiger partial charge in [0.15, 0.2) is 0 Å². The zero-order chi connectivity index (χ0) is 14.4. The summed E-state index contributed by atoms with van der Waals surface area (Å²) in [6.45, 7) is 3.03. The highest BCUT2D eigenvalue weighted by atomic mass is 79.9. The molecule has 0 saturated carbocycles. The molecule has 1 aromatic carbocycles. The minimum absolute atomic E-state index is 0.0944. The molecule has 0 fully saturated rings. The molecular weight excluding hydrogens is 320 g/mol. The molecule has 0 N–H and O–H groups in total. The van der Waals surface area contributed by atoms with Gasteiger partial charge in [0, 0.05) is 5.33 Å². The van der Waals surface area contributed by atoms with Gasteiger partial charge in [0.05, 0.1) is 19.6 Å². The van der Waals surface area contributed by atoms with E-state index in [2.05, 4.69) is 28.1 Å². The van der Waals surface area contributed by atoms with Crippen LogP contribution in [0.1, 0.15) is 43.2 Å². The molecule has 0 unspecified atom stereocenters. The second-order valence-corrected chi connectivity index (χ2v) is 5.79. The molecule has 2 rings (SSSR count). The van der Waals surface area contributed by atoms with Crippen molar-refractivity contribution in [2.75, 3.05) is 18.5 Å². The summed E-state index contributed by atoms with van der Waals surface area (Å²) in [7, 11) is 0. The van der Waals surface area contributed by atoms with Crippen LogP contribution in [0.15, 0.2) is 18.2 Å². The number of fused-ring (bicyclic) bond motifs is 1. The van der Waals surface area contributed by atoms with E-state index in [0.29, 0.717) is 18.9 Å². The van der Waals surface area contributed by atoms with Gasteiger partial charge in [-0.2, -0.15) is 0 Å². The van der Waals surface area contributed by atoms with E-state index in [1.165, 1.54) is 11.1 Å². The van der Waals surface area contributed by atoms with Crippen molar-refractivity contribution in [2.45, 2.75) is 38.5 Å². The van der Waals surface area contributed by atoms with Crippen LogP contribution in [0.2, 0.25) is 0 Å². The summed E-state index contributed by atoms with van der Waals surface area (Å²) in [5.41, 5.74) is 2.60. The fourth-order valence-electron chi connectivity index (χ4n) is 2.65. The number of esters is 1. The first kappa shape index (κ1) is 15.4. The van der Waals surface area contributed by atoms with Gasteiger partial charge in [0.1, 0.15) is 5.75 Å². The van der Waals surface area contributed by atoms with Crippen LogP contribution in [0.3, 0.4) is 0 Å². The predicted octanol–water partition coefficient (Wildman–Crippen LogP) is 3.83. The van der Waals surface area contributed by atoms with E-state index in [0.717, 1.165) is 36.9 Å². The van der Waals surface area contributed by atoms with Crippen LogP contribution in [-0.4, -0.2) is 24.5 Å². The number of ether oxygens (including phenoxy) is 2. The first-order valence-electron chi connectivity index (χ1n) is 7.21. The van der Waals surface area contributed by atoms with Crippen LogP contribution in [0.25, 0.3) is 0 Å². The Labute approximate surface area is 128 Å². The predicted molar refractivity (Wildman–Crippen MR) is 82.7 cm³/mol. The van der Waals surface area contributed by atoms with Gasteiger partial charge in [0.25, 0.3) is 0 Å².